The highest BCUT2D eigenvalue weighted by Gasteiger charge is 2.19. The Balaban J connectivity index is 1.92. The van der Waals surface area contributed by atoms with E-state index in [0.717, 1.165) is 11.3 Å². The number of nitrogens with zero attached hydrogens (tertiary/aromatic N) is 1. The molecule has 0 fully saturated rings. The number of carbonyl (C=O) groups is 1. The molecule has 6 heteroatoms. The maximum Gasteiger partial charge on any atom is 0.258 e. The summed E-state index contributed by atoms with van der Waals surface area (Å²) in [4.78, 5) is 14.1. The summed E-state index contributed by atoms with van der Waals surface area (Å²) in [5.41, 5.74) is 1.02. The summed E-state index contributed by atoms with van der Waals surface area (Å²) in [7, 11) is 5.57. The molecule has 1 amide bonds. The fraction of sp³-hybridized carbons (Fsp3) is 0.316. The molecule has 25 heavy (non-hydrogen) atoms. The summed E-state index contributed by atoms with van der Waals surface area (Å²) in [6, 6.07) is 14.7. The van der Waals surface area contributed by atoms with Gasteiger partial charge in [0.05, 0.1) is 13.2 Å². The third kappa shape index (κ3) is 5.66. The van der Waals surface area contributed by atoms with Crippen molar-refractivity contribution >= 4 is 17.5 Å². The standard InChI is InChI=1S/C19H23ClN2O3/c1-22(2)17(16-6-4-5-7-18(16)24-3)12-21-19(23)13-25-15-10-8-14(20)9-11-15/h4-11,17H,12-13H2,1-3H3,(H,21,23). The monoisotopic (exact) mass is 362 g/mol. The van der Waals surface area contributed by atoms with Crippen molar-refractivity contribution in [3.8, 4) is 11.5 Å². The molecule has 5 nitrogen and oxygen atoms in total. The minimum atomic E-state index is -0.184. The van der Waals surface area contributed by atoms with Crippen LogP contribution in [0.2, 0.25) is 5.02 Å². The second-order valence-electron chi connectivity index (χ2n) is 5.77. The van der Waals surface area contributed by atoms with E-state index in [4.69, 9.17) is 21.1 Å². The lowest BCUT2D eigenvalue weighted by molar-refractivity contribution is -0.123. The molecule has 1 atom stereocenters. The molecule has 0 aliphatic carbocycles. The molecule has 2 rings (SSSR count). The van der Waals surface area contributed by atoms with Gasteiger partial charge in [-0.1, -0.05) is 29.8 Å². The summed E-state index contributed by atoms with van der Waals surface area (Å²) in [6.45, 7) is 0.407. The molecule has 0 aromatic heterocycles. The van der Waals surface area contributed by atoms with Crippen LogP contribution in [0.3, 0.4) is 0 Å². The quantitative estimate of drug-likeness (QED) is 0.783. The van der Waals surface area contributed by atoms with Gasteiger partial charge in [0.25, 0.3) is 5.91 Å². The Morgan fingerprint density at radius 1 is 1.16 bits per heavy atom. The predicted octanol–water partition coefficient (Wildman–Crippen LogP) is 3.15. The van der Waals surface area contributed by atoms with Gasteiger partial charge in [-0.05, 0) is 44.4 Å². The molecule has 0 bridgehead atoms. The van der Waals surface area contributed by atoms with Crippen LogP contribution >= 0.6 is 11.6 Å². The van der Waals surface area contributed by atoms with Crippen LogP contribution in [0.15, 0.2) is 48.5 Å². The highest BCUT2D eigenvalue weighted by Crippen LogP contribution is 2.27. The Labute approximate surface area is 153 Å². The molecule has 0 saturated carbocycles. The largest absolute Gasteiger partial charge is 0.496 e. The van der Waals surface area contributed by atoms with E-state index >= 15 is 0 Å². The van der Waals surface area contributed by atoms with E-state index in [1.165, 1.54) is 0 Å². The van der Waals surface area contributed by atoms with Crippen LogP contribution in [0, 0.1) is 0 Å². The molecule has 0 heterocycles. The molecule has 0 radical (unpaired) electrons. The molecule has 0 aliphatic heterocycles. The summed E-state index contributed by atoms with van der Waals surface area (Å²) in [5, 5.41) is 3.54. The number of ether oxygens (including phenoxy) is 2. The van der Waals surface area contributed by atoms with Crippen LogP contribution in [-0.2, 0) is 4.79 Å². The molecule has 2 aromatic rings. The summed E-state index contributed by atoms with van der Waals surface area (Å²) in [6.07, 6.45) is 0. The molecule has 0 spiro atoms. The smallest absolute Gasteiger partial charge is 0.258 e. The van der Waals surface area contributed by atoms with Gasteiger partial charge in [-0.3, -0.25) is 4.79 Å². The Morgan fingerprint density at radius 2 is 1.84 bits per heavy atom. The zero-order valence-corrected chi connectivity index (χ0v) is 15.4. The van der Waals surface area contributed by atoms with Crippen molar-refractivity contribution < 1.29 is 14.3 Å². The molecule has 134 valence electrons. The van der Waals surface area contributed by atoms with Crippen molar-refractivity contribution in [3.63, 3.8) is 0 Å². The molecular weight excluding hydrogens is 340 g/mol. The van der Waals surface area contributed by atoms with E-state index in [9.17, 15) is 4.79 Å². The number of hydrogen-bond donors (Lipinski definition) is 1. The molecule has 2 aromatic carbocycles. The minimum Gasteiger partial charge on any atom is -0.496 e. The van der Waals surface area contributed by atoms with Gasteiger partial charge in [-0.25, -0.2) is 0 Å². The van der Waals surface area contributed by atoms with Crippen molar-refractivity contribution in [1.82, 2.24) is 10.2 Å². The number of benzene rings is 2. The number of rotatable bonds is 8. The number of nitrogens with one attached hydrogen (secondary N) is 1. The second kappa shape index (κ2) is 9.30. The van der Waals surface area contributed by atoms with Crippen molar-refractivity contribution in [1.29, 1.82) is 0 Å². The van der Waals surface area contributed by atoms with Gasteiger partial charge in [0.1, 0.15) is 11.5 Å². The van der Waals surface area contributed by atoms with Crippen molar-refractivity contribution in [2.24, 2.45) is 0 Å². The van der Waals surface area contributed by atoms with Crippen LogP contribution in [0.25, 0.3) is 0 Å². The number of hydrogen-bond acceptors (Lipinski definition) is 4. The zero-order valence-electron chi connectivity index (χ0n) is 14.7. The maximum atomic E-state index is 12.1. The first kappa shape index (κ1) is 19.1. The fourth-order valence-electron chi connectivity index (χ4n) is 2.45. The minimum absolute atomic E-state index is 0.00404. The van der Waals surface area contributed by atoms with Crippen LogP contribution in [0.4, 0.5) is 0 Å². The van der Waals surface area contributed by atoms with Crippen LogP contribution in [-0.4, -0.2) is 45.2 Å². The first-order valence-electron chi connectivity index (χ1n) is 7.95. The van der Waals surface area contributed by atoms with E-state index in [0.29, 0.717) is 17.3 Å². The van der Waals surface area contributed by atoms with E-state index in [2.05, 4.69) is 5.32 Å². The Bertz CT molecular complexity index is 689. The van der Waals surface area contributed by atoms with Gasteiger partial charge >= 0.3 is 0 Å². The molecule has 1 N–H and O–H groups in total. The number of para-hydroxylation sites is 1. The van der Waals surface area contributed by atoms with Gasteiger partial charge in [-0.2, -0.15) is 0 Å². The lowest BCUT2D eigenvalue weighted by Gasteiger charge is -2.26. The predicted molar refractivity (Wildman–Crippen MR) is 99.4 cm³/mol. The lowest BCUT2D eigenvalue weighted by Crippen LogP contribution is -2.37. The Kier molecular flexibility index (Phi) is 7.10. The van der Waals surface area contributed by atoms with E-state index < -0.39 is 0 Å². The Hall–Kier alpha value is -2.24. The van der Waals surface area contributed by atoms with Crippen molar-refractivity contribution in [3.05, 3.63) is 59.1 Å². The number of likely N-dealkylation sites (N-methyl/N-ethyl adjacent to an activating group) is 1. The fourth-order valence-corrected chi connectivity index (χ4v) is 2.58. The van der Waals surface area contributed by atoms with Gasteiger partial charge < -0.3 is 19.7 Å². The first-order valence-corrected chi connectivity index (χ1v) is 8.33. The Morgan fingerprint density at radius 3 is 2.48 bits per heavy atom. The average molecular weight is 363 g/mol. The third-order valence-corrected chi connectivity index (χ3v) is 4.05. The van der Waals surface area contributed by atoms with Gasteiger partial charge in [0.15, 0.2) is 6.61 Å². The van der Waals surface area contributed by atoms with Crippen LogP contribution < -0.4 is 14.8 Å². The maximum absolute atomic E-state index is 12.1. The second-order valence-corrected chi connectivity index (χ2v) is 6.20. The van der Waals surface area contributed by atoms with E-state index in [-0.39, 0.29) is 18.6 Å². The number of halogens is 1. The summed E-state index contributed by atoms with van der Waals surface area (Å²) >= 11 is 5.82. The first-order chi connectivity index (χ1) is 12.0. The van der Waals surface area contributed by atoms with Crippen LogP contribution in [0.5, 0.6) is 11.5 Å². The summed E-state index contributed by atoms with van der Waals surface area (Å²) < 4.78 is 10.9. The van der Waals surface area contributed by atoms with E-state index in [1.54, 1.807) is 31.4 Å². The number of amides is 1. The van der Waals surface area contributed by atoms with Crippen molar-refractivity contribution in [2.75, 3.05) is 34.4 Å². The number of methoxy groups -OCH3 is 1. The zero-order chi connectivity index (χ0) is 18.2. The average Bonchev–Trinajstić information content (AvgIpc) is 2.61. The normalized spacial score (nSPS) is 11.9. The van der Waals surface area contributed by atoms with Crippen LogP contribution in [0.1, 0.15) is 11.6 Å². The topological polar surface area (TPSA) is 50.8 Å². The van der Waals surface area contributed by atoms with Gasteiger partial charge in [0.2, 0.25) is 0 Å². The highest BCUT2D eigenvalue weighted by atomic mass is 35.5. The molecular formula is C19H23ClN2O3. The molecule has 1 unspecified atom stereocenters. The SMILES string of the molecule is COc1ccccc1C(CNC(=O)COc1ccc(Cl)cc1)N(C)C. The number of carbonyl (C=O) groups excluding carboxylic acids is 1. The molecule has 0 saturated heterocycles. The molecule has 0 aliphatic rings. The van der Waals surface area contributed by atoms with Gasteiger partial charge in [0, 0.05) is 17.1 Å². The highest BCUT2D eigenvalue weighted by molar-refractivity contribution is 6.30. The van der Waals surface area contributed by atoms with Crippen molar-refractivity contribution in [2.45, 2.75) is 6.04 Å². The van der Waals surface area contributed by atoms with E-state index in [1.807, 2.05) is 43.3 Å². The van der Waals surface area contributed by atoms with Gasteiger partial charge in [-0.15, -0.1) is 0 Å². The third-order valence-electron chi connectivity index (χ3n) is 3.80. The lowest BCUT2D eigenvalue weighted by atomic mass is 10.0. The summed E-state index contributed by atoms with van der Waals surface area (Å²) in [5.74, 6) is 1.22.